The molecule has 3 heteroatoms. The summed E-state index contributed by atoms with van der Waals surface area (Å²) in [4.78, 5) is 18.1. The largest absolute Gasteiger partial charge is 0.345 e. The maximum Gasteiger partial charge on any atom is 0.225 e. The fourth-order valence-corrected chi connectivity index (χ4v) is 2.62. The van der Waals surface area contributed by atoms with Crippen molar-refractivity contribution in [3.63, 3.8) is 0 Å². The molecule has 2 rings (SSSR count). The fraction of sp³-hybridized carbons (Fsp3) is 0.600. The molecule has 1 aliphatic carbocycles. The second-order valence-corrected chi connectivity index (χ2v) is 5.20. The minimum Gasteiger partial charge on any atom is -0.345 e. The number of aromatic nitrogens is 1. The molecule has 18 heavy (non-hydrogen) atoms. The van der Waals surface area contributed by atoms with Gasteiger partial charge in [-0.3, -0.25) is 9.78 Å². The second-order valence-electron chi connectivity index (χ2n) is 5.20. The molecular formula is C15H22N2O. The molecule has 0 atom stereocenters. The number of amides is 1. The summed E-state index contributed by atoms with van der Waals surface area (Å²) in [6, 6.07) is 4.03. The fourth-order valence-electron chi connectivity index (χ4n) is 2.62. The van der Waals surface area contributed by atoms with E-state index >= 15 is 0 Å². The second kappa shape index (κ2) is 6.53. The van der Waals surface area contributed by atoms with Gasteiger partial charge >= 0.3 is 0 Å². The summed E-state index contributed by atoms with van der Waals surface area (Å²) < 4.78 is 0. The Hall–Kier alpha value is -1.38. The van der Waals surface area contributed by atoms with Crippen LogP contribution in [-0.4, -0.2) is 29.4 Å². The number of hydrogen-bond acceptors (Lipinski definition) is 2. The third-order valence-electron chi connectivity index (χ3n) is 3.82. The molecule has 0 aliphatic heterocycles. The van der Waals surface area contributed by atoms with E-state index in [0.717, 1.165) is 25.8 Å². The van der Waals surface area contributed by atoms with Crippen LogP contribution in [0.4, 0.5) is 0 Å². The van der Waals surface area contributed by atoms with Crippen LogP contribution in [0.1, 0.15) is 37.7 Å². The van der Waals surface area contributed by atoms with Gasteiger partial charge in [-0.15, -0.1) is 0 Å². The van der Waals surface area contributed by atoms with Gasteiger partial charge in [0.1, 0.15) is 0 Å². The number of carbonyl (C=O) groups excluding carboxylic acids is 1. The van der Waals surface area contributed by atoms with Gasteiger partial charge in [-0.05, 0) is 37.0 Å². The van der Waals surface area contributed by atoms with Gasteiger partial charge in [0.15, 0.2) is 0 Å². The van der Waals surface area contributed by atoms with E-state index in [0.29, 0.717) is 5.91 Å². The molecule has 1 aliphatic rings. The molecule has 1 amide bonds. The van der Waals surface area contributed by atoms with Gasteiger partial charge in [-0.25, -0.2) is 0 Å². The first-order chi connectivity index (χ1) is 8.77. The molecule has 1 saturated carbocycles. The van der Waals surface area contributed by atoms with Crippen LogP contribution in [0, 0.1) is 5.92 Å². The van der Waals surface area contributed by atoms with Gasteiger partial charge in [0.05, 0.1) is 0 Å². The summed E-state index contributed by atoms with van der Waals surface area (Å²) in [7, 11) is 1.93. The molecule has 3 nitrogen and oxygen atoms in total. The van der Waals surface area contributed by atoms with Gasteiger partial charge < -0.3 is 4.90 Å². The monoisotopic (exact) mass is 246 g/mol. The summed E-state index contributed by atoms with van der Waals surface area (Å²) >= 11 is 0. The first-order valence-electron chi connectivity index (χ1n) is 6.91. The third kappa shape index (κ3) is 3.56. The van der Waals surface area contributed by atoms with Gasteiger partial charge in [0.25, 0.3) is 0 Å². The Labute approximate surface area is 109 Å². The number of nitrogens with zero attached hydrogens (tertiary/aromatic N) is 2. The van der Waals surface area contributed by atoms with Gasteiger partial charge in [-0.2, -0.15) is 0 Å². The minimum absolute atomic E-state index is 0.279. The number of likely N-dealkylation sites (N-methyl/N-ethyl adjacent to an activating group) is 1. The average Bonchev–Trinajstić information content (AvgIpc) is 2.46. The lowest BCUT2D eigenvalue weighted by atomic mass is 9.88. The summed E-state index contributed by atoms with van der Waals surface area (Å²) in [5, 5.41) is 0. The maximum absolute atomic E-state index is 12.2. The quantitative estimate of drug-likeness (QED) is 0.818. The molecule has 0 aromatic carbocycles. The molecule has 1 heterocycles. The van der Waals surface area contributed by atoms with E-state index in [1.165, 1.54) is 24.8 Å². The van der Waals surface area contributed by atoms with E-state index in [9.17, 15) is 4.79 Å². The van der Waals surface area contributed by atoms with Crippen LogP contribution in [0.5, 0.6) is 0 Å². The van der Waals surface area contributed by atoms with E-state index in [2.05, 4.69) is 4.98 Å². The molecule has 1 aromatic rings. The van der Waals surface area contributed by atoms with Crippen molar-refractivity contribution in [1.82, 2.24) is 9.88 Å². The van der Waals surface area contributed by atoms with Crippen molar-refractivity contribution in [2.24, 2.45) is 5.92 Å². The lowest BCUT2D eigenvalue weighted by Gasteiger charge is -2.26. The highest BCUT2D eigenvalue weighted by molar-refractivity contribution is 5.78. The van der Waals surface area contributed by atoms with Crippen molar-refractivity contribution in [2.45, 2.75) is 38.5 Å². The zero-order valence-corrected chi connectivity index (χ0v) is 11.1. The first-order valence-corrected chi connectivity index (χ1v) is 6.91. The van der Waals surface area contributed by atoms with Crippen LogP contribution in [-0.2, 0) is 11.2 Å². The Morgan fingerprint density at radius 1 is 1.28 bits per heavy atom. The third-order valence-corrected chi connectivity index (χ3v) is 3.82. The molecular weight excluding hydrogens is 224 g/mol. The van der Waals surface area contributed by atoms with Gasteiger partial charge in [-0.1, -0.05) is 19.3 Å². The smallest absolute Gasteiger partial charge is 0.225 e. The highest BCUT2D eigenvalue weighted by atomic mass is 16.2. The Morgan fingerprint density at radius 2 is 1.94 bits per heavy atom. The van der Waals surface area contributed by atoms with Crippen molar-refractivity contribution in [2.75, 3.05) is 13.6 Å². The summed E-state index contributed by atoms with van der Waals surface area (Å²) in [6.07, 6.45) is 10.4. The highest BCUT2D eigenvalue weighted by Gasteiger charge is 2.23. The number of rotatable bonds is 4. The molecule has 0 radical (unpaired) electrons. The van der Waals surface area contributed by atoms with Crippen LogP contribution in [0.3, 0.4) is 0 Å². The van der Waals surface area contributed by atoms with Crippen molar-refractivity contribution in [3.05, 3.63) is 30.1 Å². The zero-order chi connectivity index (χ0) is 12.8. The van der Waals surface area contributed by atoms with Crippen molar-refractivity contribution >= 4 is 5.91 Å². The number of pyridine rings is 1. The molecule has 0 saturated heterocycles. The van der Waals surface area contributed by atoms with Crippen LogP contribution in [0.25, 0.3) is 0 Å². The van der Waals surface area contributed by atoms with Gasteiger partial charge in [0.2, 0.25) is 5.91 Å². The molecule has 0 spiro atoms. The van der Waals surface area contributed by atoms with Crippen molar-refractivity contribution in [3.8, 4) is 0 Å². The number of hydrogen-bond donors (Lipinski definition) is 0. The van der Waals surface area contributed by atoms with Crippen LogP contribution in [0.2, 0.25) is 0 Å². The molecule has 1 aromatic heterocycles. The van der Waals surface area contributed by atoms with Gasteiger partial charge in [0, 0.05) is 31.9 Å². The lowest BCUT2D eigenvalue weighted by Crippen LogP contribution is -2.35. The SMILES string of the molecule is CN(CCc1ccncc1)C(=O)C1CCCCC1. The Balaban J connectivity index is 1.80. The topological polar surface area (TPSA) is 33.2 Å². The van der Waals surface area contributed by atoms with Crippen LogP contribution < -0.4 is 0 Å². The van der Waals surface area contributed by atoms with E-state index < -0.39 is 0 Å². The predicted molar refractivity (Wildman–Crippen MR) is 72.2 cm³/mol. The average molecular weight is 246 g/mol. The summed E-state index contributed by atoms with van der Waals surface area (Å²) in [5.41, 5.74) is 1.24. The van der Waals surface area contributed by atoms with E-state index in [4.69, 9.17) is 0 Å². The molecule has 0 unspecified atom stereocenters. The van der Waals surface area contributed by atoms with Crippen molar-refractivity contribution < 1.29 is 4.79 Å². The normalized spacial score (nSPS) is 16.5. The molecule has 0 N–H and O–H groups in total. The molecule has 98 valence electrons. The Morgan fingerprint density at radius 3 is 2.61 bits per heavy atom. The minimum atomic E-state index is 0.279. The van der Waals surface area contributed by atoms with E-state index in [1.807, 2.05) is 24.1 Å². The van der Waals surface area contributed by atoms with Crippen LogP contribution in [0.15, 0.2) is 24.5 Å². The molecule has 1 fully saturated rings. The summed E-state index contributed by atoms with van der Waals surface area (Å²) in [6.45, 7) is 0.805. The number of carbonyl (C=O) groups is 1. The highest BCUT2D eigenvalue weighted by Crippen LogP contribution is 2.25. The lowest BCUT2D eigenvalue weighted by molar-refractivity contribution is -0.135. The maximum atomic E-state index is 12.2. The van der Waals surface area contributed by atoms with E-state index in [-0.39, 0.29) is 5.92 Å². The Kier molecular flexibility index (Phi) is 4.73. The van der Waals surface area contributed by atoms with Crippen molar-refractivity contribution in [1.29, 1.82) is 0 Å². The van der Waals surface area contributed by atoms with E-state index in [1.54, 1.807) is 12.4 Å². The Bertz CT molecular complexity index is 371. The zero-order valence-electron chi connectivity index (χ0n) is 11.1. The standard InChI is InChI=1S/C15H22N2O/c1-17(12-9-13-7-10-16-11-8-13)15(18)14-5-3-2-4-6-14/h7-8,10-11,14H,2-6,9,12H2,1H3. The van der Waals surface area contributed by atoms with Crippen LogP contribution >= 0.6 is 0 Å². The predicted octanol–water partition coefficient (Wildman–Crippen LogP) is 2.66. The first kappa shape index (κ1) is 13.1. The molecule has 0 bridgehead atoms. The summed E-state index contributed by atoms with van der Waals surface area (Å²) in [5.74, 6) is 0.616.